The molecule has 3 heterocycles. The fourth-order valence-electron chi connectivity index (χ4n) is 4.15. The zero-order chi connectivity index (χ0) is 18.1. The van der Waals surface area contributed by atoms with E-state index in [0.717, 1.165) is 31.4 Å². The summed E-state index contributed by atoms with van der Waals surface area (Å²) in [6.45, 7) is 1.92. The molecule has 3 aliphatic rings. The molecule has 3 N–H and O–H groups in total. The number of hydroxylamine groups is 1. The van der Waals surface area contributed by atoms with Crippen molar-refractivity contribution in [1.29, 1.82) is 0 Å². The molecule has 1 aromatic heterocycles. The second-order valence-electron chi connectivity index (χ2n) is 7.65. The lowest BCUT2D eigenvalue weighted by Crippen LogP contribution is -2.59. The molecule has 2 amide bonds. The number of nitrogens with one attached hydrogen (secondary N) is 2. The summed E-state index contributed by atoms with van der Waals surface area (Å²) in [7, 11) is 0. The Labute approximate surface area is 152 Å². The maximum atomic E-state index is 13.0. The zero-order valence-electron chi connectivity index (χ0n) is 14.6. The van der Waals surface area contributed by atoms with Gasteiger partial charge in [0.25, 0.3) is 0 Å². The molecule has 26 heavy (non-hydrogen) atoms. The number of rotatable bonds is 3. The van der Waals surface area contributed by atoms with E-state index >= 15 is 0 Å². The SMILES string of the molecule is O=C(NO)[C@H]1CC2(CC2)CN[C@@H]1C(=O)N1CC=C(c2cccnc2)CC1. The second kappa shape index (κ2) is 6.81. The molecule has 1 aliphatic carbocycles. The fourth-order valence-corrected chi connectivity index (χ4v) is 4.15. The Morgan fingerprint density at radius 2 is 2.23 bits per heavy atom. The number of hydrogen-bond donors (Lipinski definition) is 3. The molecule has 0 aromatic carbocycles. The first kappa shape index (κ1) is 17.2. The summed E-state index contributed by atoms with van der Waals surface area (Å²) in [6, 6.07) is 3.36. The monoisotopic (exact) mass is 356 g/mol. The second-order valence-corrected chi connectivity index (χ2v) is 7.65. The Bertz CT molecular complexity index is 730. The Morgan fingerprint density at radius 1 is 1.38 bits per heavy atom. The number of aromatic nitrogens is 1. The first-order chi connectivity index (χ1) is 12.6. The van der Waals surface area contributed by atoms with Crippen molar-refractivity contribution in [1.82, 2.24) is 20.7 Å². The molecule has 138 valence electrons. The molecule has 1 aromatic rings. The van der Waals surface area contributed by atoms with Crippen LogP contribution in [0.25, 0.3) is 5.57 Å². The van der Waals surface area contributed by atoms with Gasteiger partial charge in [0, 0.05) is 32.0 Å². The van der Waals surface area contributed by atoms with Crippen molar-refractivity contribution in [2.24, 2.45) is 11.3 Å². The van der Waals surface area contributed by atoms with Crippen LogP contribution in [0, 0.1) is 11.3 Å². The predicted octanol–water partition coefficient (Wildman–Crippen LogP) is 0.961. The fraction of sp³-hybridized carbons (Fsp3) is 0.526. The van der Waals surface area contributed by atoms with Gasteiger partial charge in [-0.05, 0) is 48.3 Å². The summed E-state index contributed by atoms with van der Waals surface area (Å²) in [5.74, 6) is -1.05. The highest BCUT2D eigenvalue weighted by Crippen LogP contribution is 2.52. The minimum Gasteiger partial charge on any atom is -0.337 e. The highest BCUT2D eigenvalue weighted by atomic mass is 16.5. The number of nitrogens with zero attached hydrogens (tertiary/aromatic N) is 2. The Morgan fingerprint density at radius 3 is 2.85 bits per heavy atom. The molecule has 2 atom stereocenters. The summed E-state index contributed by atoms with van der Waals surface area (Å²) in [5.41, 5.74) is 4.17. The van der Waals surface area contributed by atoms with E-state index in [4.69, 9.17) is 5.21 Å². The lowest BCUT2D eigenvalue weighted by atomic mass is 9.81. The van der Waals surface area contributed by atoms with E-state index in [1.165, 1.54) is 5.57 Å². The lowest BCUT2D eigenvalue weighted by molar-refractivity contribution is -0.144. The quantitative estimate of drug-likeness (QED) is 0.554. The van der Waals surface area contributed by atoms with Gasteiger partial charge in [-0.2, -0.15) is 0 Å². The van der Waals surface area contributed by atoms with Gasteiger partial charge in [0.15, 0.2) is 0 Å². The third kappa shape index (κ3) is 3.24. The largest absolute Gasteiger partial charge is 0.337 e. The molecule has 2 fully saturated rings. The zero-order valence-corrected chi connectivity index (χ0v) is 14.6. The van der Waals surface area contributed by atoms with Gasteiger partial charge in [0.05, 0.1) is 12.0 Å². The Balaban J connectivity index is 1.45. The van der Waals surface area contributed by atoms with E-state index in [-0.39, 0.29) is 11.3 Å². The topological polar surface area (TPSA) is 94.6 Å². The summed E-state index contributed by atoms with van der Waals surface area (Å²) in [5, 5.41) is 12.4. The van der Waals surface area contributed by atoms with Crippen LogP contribution in [0.3, 0.4) is 0 Å². The number of pyridine rings is 1. The van der Waals surface area contributed by atoms with Crippen LogP contribution in [0.1, 0.15) is 31.2 Å². The van der Waals surface area contributed by atoms with E-state index in [2.05, 4.69) is 16.4 Å². The van der Waals surface area contributed by atoms with Gasteiger partial charge < -0.3 is 10.2 Å². The minimum absolute atomic E-state index is 0.0596. The Kier molecular flexibility index (Phi) is 4.50. The standard InChI is InChI=1S/C19H24N4O3/c24-17(22-26)15-10-19(5-6-19)12-21-16(15)18(25)23-8-3-13(4-9-23)14-2-1-7-20-11-14/h1-3,7,11,15-16,21,26H,4-6,8-10,12H2,(H,22,24)/t15-,16-/m0/s1. The van der Waals surface area contributed by atoms with Crippen LogP contribution in [-0.2, 0) is 9.59 Å². The molecule has 1 spiro atoms. The van der Waals surface area contributed by atoms with Crippen molar-refractivity contribution in [2.75, 3.05) is 19.6 Å². The van der Waals surface area contributed by atoms with Crippen LogP contribution < -0.4 is 10.8 Å². The summed E-state index contributed by atoms with van der Waals surface area (Å²) >= 11 is 0. The molecule has 1 saturated carbocycles. The van der Waals surface area contributed by atoms with Crippen molar-refractivity contribution < 1.29 is 14.8 Å². The van der Waals surface area contributed by atoms with Crippen LogP contribution in [0.5, 0.6) is 0 Å². The number of carbonyl (C=O) groups is 2. The number of hydrogen-bond acceptors (Lipinski definition) is 5. The van der Waals surface area contributed by atoms with Crippen LogP contribution in [0.15, 0.2) is 30.6 Å². The first-order valence-electron chi connectivity index (χ1n) is 9.17. The average Bonchev–Trinajstić information content (AvgIpc) is 3.46. The van der Waals surface area contributed by atoms with E-state index in [0.29, 0.717) is 19.5 Å². The van der Waals surface area contributed by atoms with Crippen LogP contribution >= 0.6 is 0 Å². The Hall–Kier alpha value is -2.25. The summed E-state index contributed by atoms with van der Waals surface area (Å²) in [4.78, 5) is 31.1. The van der Waals surface area contributed by atoms with E-state index in [9.17, 15) is 9.59 Å². The van der Waals surface area contributed by atoms with Gasteiger partial charge in [-0.25, -0.2) is 5.48 Å². The molecule has 7 heteroatoms. The van der Waals surface area contributed by atoms with E-state index in [1.54, 1.807) is 16.6 Å². The number of carbonyl (C=O) groups excluding carboxylic acids is 2. The van der Waals surface area contributed by atoms with Gasteiger partial charge in [0.1, 0.15) is 0 Å². The molecule has 2 aliphatic heterocycles. The smallest absolute Gasteiger partial charge is 0.248 e. The summed E-state index contributed by atoms with van der Waals surface area (Å²) in [6.07, 6.45) is 9.23. The molecule has 4 rings (SSSR count). The molecule has 1 saturated heterocycles. The van der Waals surface area contributed by atoms with Crippen molar-refractivity contribution in [3.05, 3.63) is 36.2 Å². The van der Waals surface area contributed by atoms with Crippen molar-refractivity contribution in [3.8, 4) is 0 Å². The maximum Gasteiger partial charge on any atom is 0.248 e. The van der Waals surface area contributed by atoms with Crippen LogP contribution in [0.4, 0.5) is 0 Å². The van der Waals surface area contributed by atoms with Crippen LogP contribution in [0.2, 0.25) is 0 Å². The number of piperidine rings is 1. The van der Waals surface area contributed by atoms with E-state index in [1.807, 2.05) is 18.3 Å². The lowest BCUT2D eigenvalue weighted by Gasteiger charge is -2.38. The molecule has 0 bridgehead atoms. The molecular formula is C19H24N4O3. The normalized spacial score (nSPS) is 27.0. The van der Waals surface area contributed by atoms with E-state index < -0.39 is 17.9 Å². The molecule has 7 nitrogen and oxygen atoms in total. The van der Waals surface area contributed by atoms with Gasteiger partial charge in [-0.1, -0.05) is 12.1 Å². The highest BCUT2D eigenvalue weighted by Gasteiger charge is 2.52. The number of amides is 2. The third-order valence-electron chi connectivity index (χ3n) is 5.98. The van der Waals surface area contributed by atoms with Crippen molar-refractivity contribution in [2.45, 2.75) is 31.7 Å². The highest BCUT2D eigenvalue weighted by molar-refractivity contribution is 5.90. The molecule has 0 radical (unpaired) electrons. The van der Waals surface area contributed by atoms with Gasteiger partial charge in [-0.3, -0.25) is 19.8 Å². The third-order valence-corrected chi connectivity index (χ3v) is 5.98. The predicted molar refractivity (Wildman–Crippen MR) is 94.9 cm³/mol. The van der Waals surface area contributed by atoms with Crippen molar-refractivity contribution in [3.63, 3.8) is 0 Å². The van der Waals surface area contributed by atoms with Crippen LogP contribution in [-0.4, -0.2) is 52.6 Å². The maximum absolute atomic E-state index is 13.0. The molecule has 0 unspecified atom stereocenters. The summed E-state index contributed by atoms with van der Waals surface area (Å²) < 4.78 is 0. The average molecular weight is 356 g/mol. The van der Waals surface area contributed by atoms with Gasteiger partial charge in [-0.15, -0.1) is 0 Å². The van der Waals surface area contributed by atoms with Gasteiger partial charge >= 0.3 is 0 Å². The minimum atomic E-state index is -0.568. The van der Waals surface area contributed by atoms with Crippen molar-refractivity contribution >= 4 is 17.4 Å². The van der Waals surface area contributed by atoms with Gasteiger partial charge in [0.2, 0.25) is 11.8 Å². The first-order valence-corrected chi connectivity index (χ1v) is 9.17. The molecular weight excluding hydrogens is 332 g/mol.